The van der Waals surface area contributed by atoms with Gasteiger partial charge >= 0.3 is 29.8 Å². The van der Waals surface area contributed by atoms with E-state index in [4.69, 9.17) is 5.73 Å². The number of carboxylic acid groups (broad SMARTS) is 5. The van der Waals surface area contributed by atoms with Gasteiger partial charge in [0.05, 0.1) is 68.1 Å². The first-order chi connectivity index (χ1) is 44.5. The molecule has 5 rings (SSSR count). The van der Waals surface area contributed by atoms with Crippen LogP contribution in [0.1, 0.15) is 69.6 Å². The van der Waals surface area contributed by atoms with Crippen LogP contribution >= 0.6 is 11.8 Å². The number of amides is 9. The predicted molar refractivity (Wildman–Crippen MR) is 321 cm³/mol. The van der Waals surface area contributed by atoms with Gasteiger partial charge in [-0.15, -0.1) is 11.8 Å². The summed E-state index contributed by atoms with van der Waals surface area (Å²) in [6.07, 6.45) is -4.88. The molecule has 0 radical (unpaired) electrons. The molecular formula is C56H75F2N15O20S. The van der Waals surface area contributed by atoms with Gasteiger partial charge in [-0.1, -0.05) is 12.1 Å². The number of nitrogens with zero attached hydrogens (tertiary/aromatic N) is 7. The van der Waals surface area contributed by atoms with E-state index in [2.05, 4.69) is 42.2 Å². The van der Waals surface area contributed by atoms with E-state index < -0.39 is 188 Å². The van der Waals surface area contributed by atoms with Crippen molar-refractivity contribution in [3.8, 4) is 6.07 Å². The van der Waals surface area contributed by atoms with E-state index in [9.17, 15) is 112 Å². The number of thioether (sulfide) groups is 1. The van der Waals surface area contributed by atoms with Gasteiger partial charge in [0.2, 0.25) is 53.2 Å². The van der Waals surface area contributed by atoms with Gasteiger partial charge in [0, 0.05) is 101 Å². The number of carbonyl (C=O) groups excluding carboxylic acids is 9. The summed E-state index contributed by atoms with van der Waals surface area (Å²) < 4.78 is 27.9. The summed E-state index contributed by atoms with van der Waals surface area (Å²) in [6.45, 7) is -1.18. The highest BCUT2D eigenvalue weighted by Gasteiger charge is 2.47. The van der Waals surface area contributed by atoms with Gasteiger partial charge in [-0.25, -0.2) is 13.6 Å². The van der Waals surface area contributed by atoms with Crippen molar-refractivity contribution >= 4 is 111 Å². The Labute approximate surface area is 538 Å². The number of aliphatic hydroxyl groups is 1. The van der Waals surface area contributed by atoms with Crippen LogP contribution in [0.25, 0.3) is 10.9 Å². The first-order valence-corrected chi connectivity index (χ1v) is 30.6. The lowest BCUT2D eigenvalue weighted by Crippen LogP contribution is -2.58. The molecule has 0 saturated carbocycles. The fourth-order valence-electron chi connectivity index (χ4n) is 10.2. The number of aromatic nitrogens is 1. The summed E-state index contributed by atoms with van der Waals surface area (Å²) in [5, 5.41) is 83.9. The fraction of sp³-hybridized carbons (Fsp3) is 0.571. The van der Waals surface area contributed by atoms with Gasteiger partial charge in [-0.3, -0.25) is 92.2 Å². The molecule has 9 amide bonds. The minimum atomic E-state index is -3.26. The number of benzene rings is 1. The van der Waals surface area contributed by atoms with Gasteiger partial charge in [-0.2, -0.15) is 5.26 Å². The van der Waals surface area contributed by atoms with Crippen LogP contribution in [0.3, 0.4) is 0 Å². The minimum absolute atomic E-state index is 0.0820. The van der Waals surface area contributed by atoms with E-state index in [0.29, 0.717) is 16.7 Å². The normalized spacial score (nSPS) is 18.6. The van der Waals surface area contributed by atoms with E-state index in [1.165, 1.54) is 30.5 Å². The lowest BCUT2D eigenvalue weighted by molar-refractivity contribution is -0.143. The van der Waals surface area contributed by atoms with Crippen molar-refractivity contribution in [1.82, 2.24) is 61.4 Å². The molecule has 3 fully saturated rings. The van der Waals surface area contributed by atoms with Gasteiger partial charge in [0.1, 0.15) is 36.4 Å². The first kappa shape index (κ1) is 75.6. The number of nitriles is 1. The summed E-state index contributed by atoms with van der Waals surface area (Å²) in [7, 11) is 0. The Hall–Kier alpha value is -9.13. The highest BCUT2D eigenvalue weighted by atomic mass is 32.2. The van der Waals surface area contributed by atoms with Crippen LogP contribution in [0.4, 0.5) is 14.5 Å². The number of anilines is 1. The number of likely N-dealkylation sites (tertiary alicyclic amines) is 2. The summed E-state index contributed by atoms with van der Waals surface area (Å²) >= 11 is 0.663. The van der Waals surface area contributed by atoms with Crippen molar-refractivity contribution in [1.29, 1.82) is 5.26 Å². The molecule has 3 saturated heterocycles. The molecule has 3 aliphatic rings. The van der Waals surface area contributed by atoms with Gasteiger partial charge in [0.15, 0.2) is 0 Å². The highest BCUT2D eigenvalue weighted by molar-refractivity contribution is 8.00. The number of carboxylic acids is 5. The number of hydrogen-bond donors (Lipinski definition) is 14. The van der Waals surface area contributed by atoms with Crippen molar-refractivity contribution in [2.75, 3.05) is 103 Å². The number of aliphatic carboxylic acids is 5. The second kappa shape index (κ2) is 36.4. The Morgan fingerprint density at radius 1 is 0.723 bits per heavy atom. The SMILES string of the molecule is N#C[C@@H]1CC(F)(F)CN1C(=O)CNC(O)c1ccnc2c(NC(=O)CCC(=O)N[C@@H](CC(=O)O)C(=O)N[C@@H](CCCCN)C(=O)NC(CC(=O)O)C(=O)NC(CSC3CC(=O)N(CCNC(=O)CN4CCN(CC(=O)O)CCN(CC(=O)O)CC4)C3=O)C(=O)O)cccc12. The number of alkyl halides is 2. The molecule has 3 aliphatic heterocycles. The minimum Gasteiger partial charge on any atom is -0.481 e. The lowest BCUT2D eigenvalue weighted by atomic mass is 10.1. The third kappa shape index (κ3) is 24.1. The molecule has 7 atom stereocenters. The van der Waals surface area contributed by atoms with Crippen LogP contribution in [0.5, 0.6) is 0 Å². The second-order valence-corrected chi connectivity index (χ2v) is 23.4. The standard InChI is InChI=1S/C56H75F2N15O20S/c57-56(58)23-31(24-60)73(30-56)44(78)25-63-50(87)33-9-11-62-49-32(33)4-3-6-34(49)64-40(74)7-8-41(75)65-36(20-45(79)80)52(89)66-35(5-1-2-10-59)51(88)67-37(21-46(81)82)53(90)68-38(55(92)93)29-94-39-22-43(77)72(54(39)91)13-12-61-42(76)26-69-14-16-70(27-47(83)84)18-19-71(17-15-69)28-48(85)86/h3-4,6,9,11,31,35-39,50,63,87H,1-2,5,7-8,10,12-23,25-30,59H2,(H,61,76)(H,64,74)(H,65,75)(H,66,89)(H,67,88)(H,68,90)(H,79,80)(H,81,82)(H,83,84)(H,85,86)(H,92,93)/t31-,35-,36-,37?,38?,39?,50?/m0/s1. The number of halogens is 2. The molecule has 0 bridgehead atoms. The van der Waals surface area contributed by atoms with Crippen molar-refractivity contribution in [2.45, 2.75) is 105 Å². The third-order valence-corrected chi connectivity index (χ3v) is 16.3. The Kier molecular flexibility index (Phi) is 29.2. The number of unbranched alkanes of at least 4 members (excludes halogenated alkanes) is 1. The zero-order valence-electron chi connectivity index (χ0n) is 50.7. The van der Waals surface area contributed by atoms with Gasteiger partial charge in [-0.05, 0) is 37.9 Å². The topological polar surface area (TPSA) is 523 Å². The predicted octanol–water partition coefficient (Wildman–Crippen LogP) is -4.54. The van der Waals surface area contributed by atoms with Crippen molar-refractivity contribution in [3.05, 3.63) is 36.0 Å². The van der Waals surface area contributed by atoms with Crippen molar-refractivity contribution in [3.63, 3.8) is 0 Å². The number of carbonyl (C=O) groups is 14. The molecular weight excluding hydrogens is 1270 g/mol. The van der Waals surface area contributed by atoms with Crippen molar-refractivity contribution < 1.29 is 107 Å². The van der Waals surface area contributed by atoms with Gasteiger partial charge < -0.3 is 73.2 Å². The number of pyridine rings is 1. The van der Waals surface area contributed by atoms with E-state index in [0.717, 1.165) is 4.90 Å². The summed E-state index contributed by atoms with van der Waals surface area (Å²) in [5.41, 5.74) is 5.98. The Morgan fingerprint density at radius 3 is 1.86 bits per heavy atom. The van der Waals surface area contributed by atoms with E-state index >= 15 is 0 Å². The van der Waals surface area contributed by atoms with E-state index in [-0.39, 0.29) is 120 Å². The smallest absolute Gasteiger partial charge is 0.327 e. The Balaban J connectivity index is 1.14. The fourth-order valence-corrected chi connectivity index (χ4v) is 11.4. The molecule has 0 spiro atoms. The van der Waals surface area contributed by atoms with E-state index in [1.54, 1.807) is 20.8 Å². The molecule has 4 unspecified atom stereocenters. The number of nitrogens with one attached hydrogen (secondary N) is 7. The number of nitrogens with two attached hydrogens (primary N) is 1. The second-order valence-electron chi connectivity index (χ2n) is 22.2. The average molecular weight is 1350 g/mol. The maximum absolute atomic E-state index is 13.9. The maximum Gasteiger partial charge on any atom is 0.327 e. The molecule has 35 nitrogen and oxygen atoms in total. The van der Waals surface area contributed by atoms with Crippen LogP contribution in [0, 0.1) is 11.3 Å². The van der Waals surface area contributed by atoms with Crippen molar-refractivity contribution in [2.24, 2.45) is 5.73 Å². The molecule has 4 heterocycles. The van der Waals surface area contributed by atoms with Crippen LogP contribution < -0.4 is 43.0 Å². The third-order valence-electron chi connectivity index (χ3n) is 15.0. The maximum atomic E-state index is 13.9. The summed E-state index contributed by atoms with van der Waals surface area (Å²) in [6, 6.07) is -1.37. The monoisotopic (exact) mass is 1350 g/mol. The number of fused-ring (bicyclic) bond motifs is 1. The first-order valence-electron chi connectivity index (χ1n) is 29.5. The molecule has 1 aromatic carbocycles. The van der Waals surface area contributed by atoms with Crippen LogP contribution in [-0.2, 0) is 67.1 Å². The number of para-hydroxylation sites is 1. The number of aliphatic hydroxyl groups excluding tert-OH is 1. The molecule has 0 aliphatic carbocycles. The molecule has 15 N–H and O–H groups in total. The lowest BCUT2D eigenvalue weighted by Gasteiger charge is -2.25. The van der Waals surface area contributed by atoms with Gasteiger partial charge in [0.25, 0.3) is 5.92 Å². The zero-order valence-corrected chi connectivity index (χ0v) is 51.5. The van der Waals surface area contributed by atoms with Crippen LogP contribution in [0.15, 0.2) is 30.5 Å². The van der Waals surface area contributed by atoms with E-state index in [1.807, 2.05) is 0 Å². The number of rotatable bonds is 36. The average Bonchev–Trinajstić information content (AvgIpc) is 0.936. The molecule has 2 aromatic rings. The zero-order chi connectivity index (χ0) is 69.4. The summed E-state index contributed by atoms with van der Waals surface area (Å²) in [5.74, 6) is -19.4. The Morgan fingerprint density at radius 2 is 1.29 bits per heavy atom. The van der Waals surface area contributed by atoms with Crippen LogP contribution in [-0.4, -0.2) is 282 Å². The molecule has 94 heavy (non-hydrogen) atoms. The quantitative estimate of drug-likeness (QED) is 0.0174. The number of hydrogen-bond acceptors (Lipinski definition) is 23. The molecule has 38 heteroatoms. The highest BCUT2D eigenvalue weighted by Crippen LogP contribution is 2.32. The Bertz CT molecular complexity index is 3170. The molecule has 1 aromatic heterocycles. The van der Waals surface area contributed by atoms with Crippen LogP contribution in [0.2, 0.25) is 0 Å². The summed E-state index contributed by atoms with van der Waals surface area (Å²) in [4.78, 5) is 190. The number of imide groups is 1. The molecule has 514 valence electrons. The largest absolute Gasteiger partial charge is 0.481 e.